The van der Waals surface area contributed by atoms with Crippen LogP contribution in [0.3, 0.4) is 0 Å². The first-order valence-corrected chi connectivity index (χ1v) is 10.7. The maximum Gasteiger partial charge on any atom is 0.229 e. The molecule has 1 N–H and O–H groups in total. The van der Waals surface area contributed by atoms with Crippen LogP contribution in [0, 0.1) is 5.92 Å². The first-order valence-electron chi connectivity index (χ1n) is 9.46. The average Bonchev–Trinajstić information content (AvgIpc) is 3.44. The predicted molar refractivity (Wildman–Crippen MR) is 119 cm³/mol. The summed E-state index contributed by atoms with van der Waals surface area (Å²) in [5.74, 6) is -0.615. The SMILES string of the molecule is O=C(Nc1ccc(-c2cn3ccsc3n2)cc1)C1CC(=O)N(c2ccc(Cl)cc2)C1. The monoisotopic (exact) mass is 436 g/mol. The molecule has 8 heteroatoms. The summed E-state index contributed by atoms with van der Waals surface area (Å²) in [6, 6.07) is 14.6. The molecule has 1 atom stereocenters. The molecule has 5 rings (SSSR count). The van der Waals surface area contributed by atoms with Gasteiger partial charge in [0.1, 0.15) is 0 Å². The highest BCUT2D eigenvalue weighted by molar-refractivity contribution is 7.15. The highest BCUT2D eigenvalue weighted by atomic mass is 35.5. The third-order valence-corrected chi connectivity index (χ3v) is 6.20. The minimum atomic E-state index is -0.396. The van der Waals surface area contributed by atoms with Gasteiger partial charge in [-0.3, -0.25) is 14.0 Å². The lowest BCUT2D eigenvalue weighted by atomic mass is 10.1. The Hall–Kier alpha value is -3.16. The lowest BCUT2D eigenvalue weighted by Gasteiger charge is -2.16. The predicted octanol–water partition coefficient (Wildman–Crippen LogP) is 4.71. The smallest absolute Gasteiger partial charge is 0.229 e. The maximum absolute atomic E-state index is 12.7. The van der Waals surface area contributed by atoms with Crippen molar-refractivity contribution in [2.75, 3.05) is 16.8 Å². The van der Waals surface area contributed by atoms with Crippen molar-refractivity contribution in [1.82, 2.24) is 9.38 Å². The minimum absolute atomic E-state index is 0.0624. The molecule has 2 aromatic carbocycles. The van der Waals surface area contributed by atoms with Crippen molar-refractivity contribution in [3.63, 3.8) is 0 Å². The van der Waals surface area contributed by atoms with Gasteiger partial charge in [-0.1, -0.05) is 23.7 Å². The number of imidazole rings is 1. The Bertz CT molecular complexity index is 1200. The zero-order chi connectivity index (χ0) is 20.7. The van der Waals surface area contributed by atoms with Gasteiger partial charge >= 0.3 is 0 Å². The number of amides is 2. The number of benzene rings is 2. The summed E-state index contributed by atoms with van der Waals surface area (Å²) in [4.78, 5) is 32.3. The molecule has 2 aromatic heterocycles. The maximum atomic E-state index is 12.7. The Morgan fingerprint density at radius 3 is 2.63 bits per heavy atom. The van der Waals surface area contributed by atoms with Gasteiger partial charge in [0.15, 0.2) is 4.96 Å². The van der Waals surface area contributed by atoms with Gasteiger partial charge in [-0.2, -0.15) is 0 Å². The van der Waals surface area contributed by atoms with E-state index >= 15 is 0 Å². The third kappa shape index (κ3) is 3.58. The van der Waals surface area contributed by atoms with Crippen molar-refractivity contribution < 1.29 is 9.59 Å². The molecule has 30 heavy (non-hydrogen) atoms. The number of carbonyl (C=O) groups is 2. The van der Waals surface area contributed by atoms with Crippen LogP contribution < -0.4 is 10.2 Å². The highest BCUT2D eigenvalue weighted by Crippen LogP contribution is 2.28. The van der Waals surface area contributed by atoms with Crippen molar-refractivity contribution >= 4 is 51.1 Å². The molecule has 1 aliphatic rings. The number of aromatic nitrogens is 2. The fourth-order valence-electron chi connectivity index (χ4n) is 3.59. The normalized spacial score (nSPS) is 16.4. The molecule has 1 aliphatic heterocycles. The Morgan fingerprint density at radius 2 is 1.90 bits per heavy atom. The lowest BCUT2D eigenvalue weighted by Crippen LogP contribution is -2.28. The zero-order valence-corrected chi connectivity index (χ0v) is 17.4. The largest absolute Gasteiger partial charge is 0.326 e. The fraction of sp³-hybridized carbons (Fsp3) is 0.136. The summed E-state index contributed by atoms with van der Waals surface area (Å²) >= 11 is 7.50. The fourth-order valence-corrected chi connectivity index (χ4v) is 4.41. The number of anilines is 2. The minimum Gasteiger partial charge on any atom is -0.326 e. The first-order chi connectivity index (χ1) is 14.6. The van der Waals surface area contributed by atoms with Gasteiger partial charge < -0.3 is 10.2 Å². The lowest BCUT2D eigenvalue weighted by molar-refractivity contribution is -0.122. The van der Waals surface area contributed by atoms with Crippen LogP contribution in [0.5, 0.6) is 0 Å². The molecule has 150 valence electrons. The van der Waals surface area contributed by atoms with Crippen molar-refractivity contribution in [2.45, 2.75) is 6.42 Å². The van der Waals surface area contributed by atoms with E-state index in [2.05, 4.69) is 10.3 Å². The number of halogens is 1. The summed E-state index contributed by atoms with van der Waals surface area (Å²) in [5, 5.41) is 5.53. The molecular weight excluding hydrogens is 420 g/mol. The van der Waals surface area contributed by atoms with Crippen LogP contribution in [0.25, 0.3) is 16.2 Å². The zero-order valence-electron chi connectivity index (χ0n) is 15.8. The van der Waals surface area contributed by atoms with Gasteiger partial charge in [0, 0.05) is 52.7 Å². The van der Waals surface area contributed by atoms with Crippen LogP contribution in [0.4, 0.5) is 11.4 Å². The molecule has 1 saturated heterocycles. The van der Waals surface area contributed by atoms with Gasteiger partial charge in [0.05, 0.1) is 11.6 Å². The number of thiazole rings is 1. The molecule has 0 saturated carbocycles. The number of fused-ring (bicyclic) bond motifs is 1. The molecule has 0 aliphatic carbocycles. The summed E-state index contributed by atoms with van der Waals surface area (Å²) in [6.07, 6.45) is 4.15. The van der Waals surface area contributed by atoms with Gasteiger partial charge in [-0.15, -0.1) is 11.3 Å². The molecule has 0 bridgehead atoms. The van der Waals surface area contributed by atoms with E-state index in [-0.39, 0.29) is 18.2 Å². The van der Waals surface area contributed by atoms with Crippen LogP contribution in [-0.4, -0.2) is 27.7 Å². The van der Waals surface area contributed by atoms with E-state index in [1.54, 1.807) is 40.5 Å². The van der Waals surface area contributed by atoms with Crippen LogP contribution in [0.15, 0.2) is 66.3 Å². The van der Waals surface area contributed by atoms with Crippen LogP contribution >= 0.6 is 22.9 Å². The first kappa shape index (κ1) is 18.8. The molecular formula is C22H17ClN4O2S. The van der Waals surface area contributed by atoms with Crippen LogP contribution in [0.1, 0.15) is 6.42 Å². The summed E-state index contributed by atoms with van der Waals surface area (Å²) in [5.41, 5.74) is 3.32. The molecule has 2 amide bonds. The average molecular weight is 437 g/mol. The number of nitrogens with zero attached hydrogens (tertiary/aromatic N) is 3. The van der Waals surface area contributed by atoms with Crippen LogP contribution in [-0.2, 0) is 9.59 Å². The van der Waals surface area contributed by atoms with Crippen molar-refractivity contribution in [3.8, 4) is 11.3 Å². The number of rotatable bonds is 4. The Balaban J connectivity index is 1.25. The quantitative estimate of drug-likeness (QED) is 0.504. The van der Waals surface area contributed by atoms with Crippen molar-refractivity contribution in [2.24, 2.45) is 5.92 Å². The number of carbonyl (C=O) groups excluding carboxylic acids is 2. The molecule has 6 nitrogen and oxygen atoms in total. The van der Waals surface area contributed by atoms with Crippen molar-refractivity contribution in [3.05, 3.63) is 71.3 Å². The number of nitrogens with one attached hydrogen (secondary N) is 1. The Labute approximate surface area is 181 Å². The second-order valence-electron chi connectivity index (χ2n) is 7.17. The van der Waals surface area contributed by atoms with E-state index in [0.29, 0.717) is 17.3 Å². The van der Waals surface area contributed by atoms with E-state index < -0.39 is 5.92 Å². The number of hydrogen-bond donors (Lipinski definition) is 1. The summed E-state index contributed by atoms with van der Waals surface area (Å²) in [7, 11) is 0. The van der Waals surface area contributed by atoms with Gasteiger partial charge in [-0.05, 0) is 36.4 Å². The topological polar surface area (TPSA) is 66.7 Å². The van der Waals surface area contributed by atoms with E-state index in [1.165, 1.54) is 0 Å². The standard InChI is InChI=1S/C22H17ClN4O2S/c23-16-3-7-18(8-4-16)27-12-15(11-20(27)28)21(29)24-17-5-1-14(2-6-17)19-13-26-9-10-30-22(26)25-19/h1-10,13,15H,11-12H2,(H,24,29). The Kier molecular flexibility index (Phi) is 4.77. The number of hydrogen-bond acceptors (Lipinski definition) is 4. The second-order valence-corrected chi connectivity index (χ2v) is 8.48. The van der Waals surface area contributed by atoms with Crippen molar-refractivity contribution in [1.29, 1.82) is 0 Å². The molecule has 3 heterocycles. The van der Waals surface area contributed by atoms with E-state index in [4.69, 9.17) is 11.6 Å². The van der Waals surface area contributed by atoms with E-state index in [0.717, 1.165) is 21.9 Å². The molecule has 1 unspecified atom stereocenters. The van der Waals surface area contributed by atoms with E-state index in [9.17, 15) is 9.59 Å². The van der Waals surface area contributed by atoms with Crippen LogP contribution in [0.2, 0.25) is 5.02 Å². The molecule has 0 radical (unpaired) electrons. The highest BCUT2D eigenvalue weighted by Gasteiger charge is 2.35. The molecule has 1 fully saturated rings. The molecule has 4 aromatic rings. The van der Waals surface area contributed by atoms with Gasteiger partial charge in [-0.25, -0.2) is 4.98 Å². The third-order valence-electron chi connectivity index (χ3n) is 5.18. The second kappa shape index (κ2) is 7.59. The van der Waals surface area contributed by atoms with Gasteiger partial charge in [0.25, 0.3) is 0 Å². The summed E-state index contributed by atoms with van der Waals surface area (Å²) in [6.45, 7) is 0.357. The summed E-state index contributed by atoms with van der Waals surface area (Å²) < 4.78 is 1.99. The molecule has 0 spiro atoms. The Morgan fingerprint density at radius 1 is 1.13 bits per heavy atom. The van der Waals surface area contributed by atoms with E-state index in [1.807, 2.05) is 46.4 Å². The van der Waals surface area contributed by atoms with Gasteiger partial charge in [0.2, 0.25) is 11.8 Å².